The van der Waals surface area contributed by atoms with Crippen LogP contribution in [0.5, 0.6) is 5.75 Å². The molecular weight excluding hydrogens is 417 g/mol. The Bertz CT molecular complexity index is 934. The number of carbonyl (C=O) groups is 2. The maximum absolute atomic E-state index is 12.7. The second-order valence-corrected chi connectivity index (χ2v) is 7.17. The van der Waals surface area contributed by atoms with Gasteiger partial charge < -0.3 is 25.3 Å². The Hall–Kier alpha value is -3.04. The molecule has 0 radical (unpaired) electrons. The molecule has 32 heavy (non-hydrogen) atoms. The number of methoxy groups -OCH3 is 1. The molecule has 2 aliphatic rings. The van der Waals surface area contributed by atoms with Crippen molar-refractivity contribution in [2.75, 3.05) is 25.6 Å². The largest absolute Gasteiger partial charge is 0.496 e. The van der Waals surface area contributed by atoms with Gasteiger partial charge in [0.2, 0.25) is 0 Å². The third-order valence-electron chi connectivity index (χ3n) is 4.99. The number of benzene rings is 1. The van der Waals surface area contributed by atoms with Gasteiger partial charge in [0.1, 0.15) is 29.0 Å². The normalized spacial score (nSPS) is 17.7. The zero-order valence-corrected chi connectivity index (χ0v) is 18.8. The van der Waals surface area contributed by atoms with Crippen molar-refractivity contribution in [3.05, 3.63) is 53.6 Å². The Morgan fingerprint density at radius 1 is 1.28 bits per heavy atom. The molecule has 174 valence electrons. The minimum atomic E-state index is -0.635. The molecule has 1 atom stereocenters. The second-order valence-electron chi connectivity index (χ2n) is 7.17. The van der Waals surface area contributed by atoms with Crippen LogP contribution in [-0.2, 0) is 14.3 Å². The number of nitrogens with zero attached hydrogens (tertiary/aromatic N) is 1. The second kappa shape index (κ2) is 11.5. The van der Waals surface area contributed by atoms with Gasteiger partial charge in [-0.2, -0.15) is 0 Å². The van der Waals surface area contributed by atoms with E-state index in [4.69, 9.17) is 19.9 Å². The number of amides is 2. The smallest absolute Gasteiger partial charge is 0.267 e. The maximum Gasteiger partial charge on any atom is 0.267 e. The highest BCUT2D eigenvalue weighted by Gasteiger charge is 2.48. The van der Waals surface area contributed by atoms with Crippen molar-refractivity contribution >= 4 is 17.5 Å². The lowest BCUT2D eigenvalue weighted by Gasteiger charge is -2.37. The molecule has 2 aromatic rings. The number of rotatable bonds is 4. The minimum absolute atomic E-state index is 0.110. The molecule has 3 N–H and O–H groups in total. The number of hydrogen-bond donors (Lipinski definition) is 2. The predicted molar refractivity (Wildman–Crippen MR) is 118 cm³/mol. The first-order valence-corrected chi connectivity index (χ1v) is 10.4. The summed E-state index contributed by atoms with van der Waals surface area (Å²) >= 11 is 0. The number of nitrogens with two attached hydrogens (primary N) is 1. The summed E-state index contributed by atoms with van der Waals surface area (Å²) in [4.78, 5) is 27.0. The molecule has 2 aliphatic heterocycles. The highest BCUT2D eigenvalue weighted by Crippen LogP contribution is 2.36. The highest BCUT2D eigenvalue weighted by atomic mass is 19.1. The molecule has 3 heterocycles. The van der Waals surface area contributed by atoms with E-state index in [9.17, 15) is 14.0 Å². The molecule has 0 saturated carbocycles. The van der Waals surface area contributed by atoms with Crippen molar-refractivity contribution in [3.63, 3.8) is 0 Å². The first kappa shape index (κ1) is 25.2. The van der Waals surface area contributed by atoms with E-state index in [0.717, 1.165) is 6.42 Å². The van der Waals surface area contributed by atoms with Gasteiger partial charge in [-0.15, -0.1) is 0 Å². The highest BCUT2D eigenvalue weighted by molar-refractivity contribution is 5.96. The summed E-state index contributed by atoms with van der Waals surface area (Å²) in [5, 5.41) is 2.71. The molecule has 0 aliphatic carbocycles. The third-order valence-corrected chi connectivity index (χ3v) is 4.99. The number of nitrogens with one attached hydrogen (secondary N) is 1. The minimum Gasteiger partial charge on any atom is -0.496 e. The molecule has 2 saturated heterocycles. The summed E-state index contributed by atoms with van der Waals surface area (Å²) in [6.07, 6.45) is 2.44. The van der Waals surface area contributed by atoms with Gasteiger partial charge >= 0.3 is 0 Å². The van der Waals surface area contributed by atoms with Crippen molar-refractivity contribution in [1.29, 1.82) is 0 Å². The van der Waals surface area contributed by atoms with Gasteiger partial charge in [0.25, 0.3) is 11.8 Å². The number of aromatic nitrogens is 1. The molecule has 0 bridgehead atoms. The van der Waals surface area contributed by atoms with E-state index in [-0.39, 0.29) is 23.0 Å². The van der Waals surface area contributed by atoms with Crippen LogP contribution in [0.3, 0.4) is 0 Å². The molecule has 2 amide bonds. The fraction of sp³-hybridized carbons (Fsp3) is 0.435. The van der Waals surface area contributed by atoms with Crippen LogP contribution in [0.4, 0.5) is 10.1 Å². The summed E-state index contributed by atoms with van der Waals surface area (Å²) in [5.74, 6) is -0.487. The number of halogens is 1. The van der Waals surface area contributed by atoms with Crippen LogP contribution >= 0.6 is 0 Å². The lowest BCUT2D eigenvalue weighted by Crippen LogP contribution is -2.50. The lowest BCUT2D eigenvalue weighted by atomic mass is 9.98. The number of primary amides is 1. The van der Waals surface area contributed by atoms with Crippen molar-refractivity contribution in [2.45, 2.75) is 45.3 Å². The number of carbonyl (C=O) groups excluding carboxylic acids is 2. The molecule has 4 rings (SSSR count). The molecule has 2 fully saturated rings. The topological polar surface area (TPSA) is 113 Å². The maximum atomic E-state index is 12.7. The standard InChI is InChI=1S/C13H15N3O4.C8H9FO.C2H6/c14-11(17)9-5-8(2-4-15-9)16-12(18)10-1-3-13(20-10)6-19-7-13;1-6-7(9)4-3-5-8(6)10-2;1-2/h2,4-5,10H,1,3,6-7H2,(H2,14,17)(H,15,16,18);3-5H,1-2H3;1-2H3. The number of pyridine rings is 1. The van der Waals surface area contributed by atoms with Crippen LogP contribution in [0.2, 0.25) is 0 Å². The lowest BCUT2D eigenvalue weighted by molar-refractivity contribution is -0.200. The Morgan fingerprint density at radius 2 is 2.00 bits per heavy atom. The fourth-order valence-electron chi connectivity index (χ4n) is 3.22. The average Bonchev–Trinajstić information content (AvgIpc) is 3.25. The third kappa shape index (κ3) is 6.24. The Labute approximate surface area is 187 Å². The van der Waals surface area contributed by atoms with E-state index >= 15 is 0 Å². The molecule has 1 unspecified atom stereocenters. The first-order valence-electron chi connectivity index (χ1n) is 10.4. The van der Waals surface area contributed by atoms with Crippen LogP contribution in [0, 0.1) is 12.7 Å². The fourth-order valence-corrected chi connectivity index (χ4v) is 3.22. The molecule has 1 spiro atoms. The van der Waals surface area contributed by atoms with E-state index in [0.29, 0.717) is 36.6 Å². The molecule has 9 heteroatoms. The summed E-state index contributed by atoms with van der Waals surface area (Å²) < 4.78 is 28.5. The van der Waals surface area contributed by atoms with Gasteiger partial charge in [-0.25, -0.2) is 4.39 Å². The molecule has 8 nitrogen and oxygen atoms in total. The van der Waals surface area contributed by atoms with Crippen molar-refractivity contribution in [3.8, 4) is 5.75 Å². The van der Waals surface area contributed by atoms with Crippen LogP contribution in [-0.4, -0.2) is 48.8 Å². The number of ether oxygens (including phenoxy) is 3. The van der Waals surface area contributed by atoms with Crippen LogP contribution in [0.1, 0.15) is 42.7 Å². The van der Waals surface area contributed by atoms with E-state index in [1.165, 1.54) is 25.4 Å². The van der Waals surface area contributed by atoms with E-state index in [1.54, 1.807) is 25.1 Å². The summed E-state index contributed by atoms with van der Waals surface area (Å²) in [7, 11) is 1.53. The van der Waals surface area contributed by atoms with Crippen molar-refractivity contribution in [1.82, 2.24) is 4.98 Å². The van der Waals surface area contributed by atoms with Gasteiger partial charge in [0, 0.05) is 17.4 Å². The number of anilines is 1. The first-order chi connectivity index (χ1) is 15.3. The van der Waals surface area contributed by atoms with Gasteiger partial charge in [0.05, 0.1) is 20.3 Å². The van der Waals surface area contributed by atoms with Gasteiger partial charge in [-0.1, -0.05) is 19.9 Å². The Kier molecular flexibility index (Phi) is 9.10. The van der Waals surface area contributed by atoms with Crippen molar-refractivity contribution in [2.24, 2.45) is 5.73 Å². The van der Waals surface area contributed by atoms with Crippen LogP contribution in [0.15, 0.2) is 36.5 Å². The van der Waals surface area contributed by atoms with E-state index in [2.05, 4.69) is 10.3 Å². The van der Waals surface area contributed by atoms with Gasteiger partial charge in [0.15, 0.2) is 0 Å². The zero-order valence-electron chi connectivity index (χ0n) is 18.8. The quantitative estimate of drug-likeness (QED) is 0.744. The monoisotopic (exact) mass is 447 g/mol. The Balaban J connectivity index is 0.000000255. The average molecular weight is 448 g/mol. The van der Waals surface area contributed by atoms with Crippen molar-refractivity contribution < 1.29 is 28.2 Å². The molecule has 1 aromatic heterocycles. The van der Waals surface area contributed by atoms with Crippen LogP contribution in [0.25, 0.3) is 0 Å². The SMILES string of the molecule is CC.COc1cccc(F)c1C.NC(=O)c1cc(NC(=O)C2CCC3(COC3)O2)ccn1. The molecular formula is C23H30FN3O5. The van der Waals surface area contributed by atoms with Crippen LogP contribution < -0.4 is 15.8 Å². The Morgan fingerprint density at radius 3 is 2.53 bits per heavy atom. The summed E-state index contributed by atoms with van der Waals surface area (Å²) in [6, 6.07) is 7.82. The summed E-state index contributed by atoms with van der Waals surface area (Å²) in [5.41, 5.74) is 6.03. The van der Waals surface area contributed by atoms with E-state index in [1.807, 2.05) is 13.8 Å². The van der Waals surface area contributed by atoms with E-state index < -0.39 is 12.0 Å². The zero-order chi connectivity index (χ0) is 23.7. The predicted octanol–water partition coefficient (Wildman–Crippen LogP) is 3.24. The number of hydrogen-bond acceptors (Lipinski definition) is 6. The van der Waals surface area contributed by atoms with Gasteiger partial charge in [-0.3, -0.25) is 14.6 Å². The van der Waals surface area contributed by atoms with Gasteiger partial charge in [-0.05, 0) is 44.0 Å². The summed E-state index contributed by atoms with van der Waals surface area (Å²) in [6.45, 7) is 6.80. The molecule has 1 aromatic carbocycles.